The number of aliphatic carboxylic acids is 1. The van der Waals surface area contributed by atoms with Crippen LogP contribution in [0, 0.1) is 0 Å². The van der Waals surface area contributed by atoms with Crippen molar-refractivity contribution in [2.75, 3.05) is 0 Å². The van der Waals surface area contributed by atoms with Crippen LogP contribution in [0.15, 0.2) is 24.4 Å². The maximum atomic E-state index is 10.4. The highest BCUT2D eigenvalue weighted by atomic mass is 35.5. The van der Waals surface area contributed by atoms with Gasteiger partial charge >= 0.3 is 5.97 Å². The number of carboxylic acids is 1. The molecule has 0 spiro atoms. The Morgan fingerprint density at radius 2 is 2.25 bits per heavy atom. The van der Waals surface area contributed by atoms with Gasteiger partial charge in [-0.3, -0.25) is 4.79 Å². The van der Waals surface area contributed by atoms with E-state index in [9.17, 15) is 4.79 Å². The van der Waals surface area contributed by atoms with E-state index in [2.05, 4.69) is 4.98 Å². The Morgan fingerprint density at radius 1 is 1.44 bits per heavy atom. The summed E-state index contributed by atoms with van der Waals surface area (Å²) < 4.78 is 0. The fraction of sp³-hybridized carbons (Fsp3) is 0.250. The first-order chi connectivity index (χ1) is 7.68. The maximum Gasteiger partial charge on any atom is 0.303 e. The average molecular weight is 238 g/mol. The Balaban J connectivity index is 2.19. The minimum absolute atomic E-state index is 0.202. The number of H-pyrrole nitrogens is 1. The lowest BCUT2D eigenvalue weighted by Gasteiger charge is -1.98. The first-order valence-corrected chi connectivity index (χ1v) is 5.52. The molecule has 1 aromatic carbocycles. The lowest BCUT2D eigenvalue weighted by molar-refractivity contribution is -0.137. The zero-order valence-corrected chi connectivity index (χ0v) is 9.42. The molecule has 84 valence electrons. The molecule has 0 aliphatic rings. The van der Waals surface area contributed by atoms with Crippen LogP contribution in [-0.2, 0) is 11.2 Å². The first kappa shape index (κ1) is 11.0. The predicted octanol–water partition coefficient (Wildman–Crippen LogP) is 3.23. The number of aryl methyl sites for hydroxylation is 1. The summed E-state index contributed by atoms with van der Waals surface area (Å²) in [5.41, 5.74) is 2.05. The van der Waals surface area contributed by atoms with E-state index in [1.807, 2.05) is 24.4 Å². The van der Waals surface area contributed by atoms with Crippen LogP contribution in [0.5, 0.6) is 0 Å². The van der Waals surface area contributed by atoms with Crippen molar-refractivity contribution in [1.29, 1.82) is 0 Å². The smallest absolute Gasteiger partial charge is 0.303 e. The molecule has 0 bridgehead atoms. The van der Waals surface area contributed by atoms with Gasteiger partial charge in [0.25, 0.3) is 0 Å². The quantitative estimate of drug-likeness (QED) is 0.858. The van der Waals surface area contributed by atoms with Crippen molar-refractivity contribution in [2.45, 2.75) is 19.3 Å². The number of hydrogen-bond donors (Lipinski definition) is 2. The summed E-state index contributed by atoms with van der Waals surface area (Å²) in [5, 5.41) is 10.3. The average Bonchev–Trinajstić information content (AvgIpc) is 2.63. The minimum Gasteiger partial charge on any atom is -0.481 e. The summed E-state index contributed by atoms with van der Waals surface area (Å²) in [7, 11) is 0. The fourth-order valence-electron chi connectivity index (χ4n) is 1.81. The number of halogens is 1. The van der Waals surface area contributed by atoms with Crippen LogP contribution >= 0.6 is 11.6 Å². The third-order valence-corrected chi connectivity index (χ3v) is 2.90. The Morgan fingerprint density at radius 3 is 3.00 bits per heavy atom. The molecule has 1 aromatic heterocycles. The van der Waals surface area contributed by atoms with Gasteiger partial charge in [0.15, 0.2) is 0 Å². The standard InChI is InChI=1S/C12H12ClNO2/c13-10-5-2-4-9-8(7-14-12(9)10)3-1-6-11(15)16/h2,4-5,7,14H,1,3,6H2,(H,15,16). The molecule has 0 aliphatic carbocycles. The monoisotopic (exact) mass is 237 g/mol. The number of nitrogens with one attached hydrogen (secondary N) is 1. The maximum absolute atomic E-state index is 10.4. The zero-order valence-electron chi connectivity index (χ0n) is 8.66. The largest absolute Gasteiger partial charge is 0.481 e. The molecule has 0 fully saturated rings. The van der Waals surface area contributed by atoms with E-state index in [1.54, 1.807) is 0 Å². The summed E-state index contributed by atoms with van der Waals surface area (Å²) in [6.07, 6.45) is 3.51. The second kappa shape index (κ2) is 4.58. The highest BCUT2D eigenvalue weighted by Crippen LogP contribution is 2.25. The number of rotatable bonds is 4. The summed E-state index contributed by atoms with van der Waals surface area (Å²) >= 11 is 6.03. The summed E-state index contributed by atoms with van der Waals surface area (Å²) in [6.45, 7) is 0. The SMILES string of the molecule is O=C(O)CCCc1c[nH]c2c(Cl)cccc12. The van der Waals surface area contributed by atoms with E-state index in [-0.39, 0.29) is 6.42 Å². The molecule has 3 nitrogen and oxygen atoms in total. The molecule has 0 radical (unpaired) electrons. The van der Waals surface area contributed by atoms with Gasteiger partial charge in [-0.2, -0.15) is 0 Å². The number of hydrogen-bond acceptors (Lipinski definition) is 1. The third kappa shape index (κ3) is 2.19. The van der Waals surface area contributed by atoms with Crippen molar-refractivity contribution in [3.63, 3.8) is 0 Å². The Labute approximate surface area is 98.0 Å². The van der Waals surface area contributed by atoms with Crippen molar-refractivity contribution in [3.05, 3.63) is 35.0 Å². The van der Waals surface area contributed by atoms with E-state index in [0.717, 1.165) is 22.9 Å². The van der Waals surface area contributed by atoms with Gasteiger partial charge in [-0.25, -0.2) is 0 Å². The number of para-hydroxylation sites is 1. The van der Waals surface area contributed by atoms with Crippen LogP contribution in [-0.4, -0.2) is 16.1 Å². The van der Waals surface area contributed by atoms with Crippen LogP contribution in [0.2, 0.25) is 5.02 Å². The van der Waals surface area contributed by atoms with Gasteiger partial charge in [0.1, 0.15) is 0 Å². The normalized spacial score (nSPS) is 10.8. The number of fused-ring (bicyclic) bond motifs is 1. The van der Waals surface area contributed by atoms with E-state index in [4.69, 9.17) is 16.7 Å². The molecule has 2 rings (SSSR count). The number of aromatic nitrogens is 1. The van der Waals surface area contributed by atoms with Gasteiger partial charge in [0, 0.05) is 18.0 Å². The first-order valence-electron chi connectivity index (χ1n) is 5.15. The van der Waals surface area contributed by atoms with Gasteiger partial charge in [-0.05, 0) is 24.5 Å². The molecule has 2 N–H and O–H groups in total. The molecule has 0 amide bonds. The van der Waals surface area contributed by atoms with Crippen LogP contribution in [0.4, 0.5) is 0 Å². The molecule has 0 saturated carbocycles. The number of carboxylic acid groups (broad SMARTS) is 1. The minimum atomic E-state index is -0.752. The van der Waals surface area contributed by atoms with E-state index in [1.165, 1.54) is 0 Å². The summed E-state index contributed by atoms with van der Waals surface area (Å²) in [6, 6.07) is 5.73. The van der Waals surface area contributed by atoms with Gasteiger partial charge in [0.05, 0.1) is 10.5 Å². The molecule has 4 heteroatoms. The van der Waals surface area contributed by atoms with E-state index >= 15 is 0 Å². The molecule has 0 aliphatic heterocycles. The number of benzene rings is 1. The van der Waals surface area contributed by atoms with Gasteiger partial charge < -0.3 is 10.1 Å². The second-order valence-corrected chi connectivity index (χ2v) is 4.13. The topological polar surface area (TPSA) is 53.1 Å². The zero-order chi connectivity index (χ0) is 11.5. The molecule has 0 atom stereocenters. The van der Waals surface area contributed by atoms with Crippen molar-refractivity contribution in [3.8, 4) is 0 Å². The highest BCUT2D eigenvalue weighted by Gasteiger charge is 2.06. The predicted molar refractivity (Wildman–Crippen MR) is 63.9 cm³/mol. The van der Waals surface area contributed by atoms with Crippen molar-refractivity contribution in [1.82, 2.24) is 4.98 Å². The number of aromatic amines is 1. The van der Waals surface area contributed by atoms with Crippen molar-refractivity contribution < 1.29 is 9.90 Å². The summed E-state index contributed by atoms with van der Waals surface area (Å²) in [5.74, 6) is -0.752. The third-order valence-electron chi connectivity index (χ3n) is 2.59. The fourth-order valence-corrected chi connectivity index (χ4v) is 2.04. The van der Waals surface area contributed by atoms with Crippen LogP contribution in [0.25, 0.3) is 10.9 Å². The molecule has 2 aromatic rings. The van der Waals surface area contributed by atoms with Crippen LogP contribution in [0.1, 0.15) is 18.4 Å². The lowest BCUT2D eigenvalue weighted by atomic mass is 10.1. The molecule has 0 unspecified atom stereocenters. The second-order valence-electron chi connectivity index (χ2n) is 3.72. The van der Waals surface area contributed by atoms with E-state index < -0.39 is 5.97 Å². The Bertz CT molecular complexity index is 519. The van der Waals surface area contributed by atoms with Crippen LogP contribution in [0.3, 0.4) is 0 Å². The molecule has 0 saturated heterocycles. The van der Waals surface area contributed by atoms with Gasteiger partial charge in [-0.15, -0.1) is 0 Å². The van der Waals surface area contributed by atoms with Crippen LogP contribution < -0.4 is 0 Å². The number of carbonyl (C=O) groups is 1. The van der Waals surface area contributed by atoms with E-state index in [0.29, 0.717) is 11.4 Å². The summed E-state index contributed by atoms with van der Waals surface area (Å²) in [4.78, 5) is 13.5. The van der Waals surface area contributed by atoms with Gasteiger partial charge in [-0.1, -0.05) is 23.7 Å². The van der Waals surface area contributed by atoms with Crippen molar-refractivity contribution >= 4 is 28.5 Å². The molecule has 1 heterocycles. The molecular weight excluding hydrogens is 226 g/mol. The molecular formula is C12H12ClNO2. The lowest BCUT2D eigenvalue weighted by Crippen LogP contribution is -1.95. The Hall–Kier alpha value is -1.48. The molecule has 16 heavy (non-hydrogen) atoms. The Kier molecular flexibility index (Phi) is 3.15. The highest BCUT2D eigenvalue weighted by molar-refractivity contribution is 6.35. The van der Waals surface area contributed by atoms with Crippen molar-refractivity contribution in [2.24, 2.45) is 0 Å². The van der Waals surface area contributed by atoms with Gasteiger partial charge in [0.2, 0.25) is 0 Å².